The number of aliphatic hydroxyl groups is 1. The summed E-state index contributed by atoms with van der Waals surface area (Å²) in [6.07, 6.45) is -10.5. The molecule has 0 aliphatic heterocycles. The molecule has 0 radical (unpaired) electrons. The summed E-state index contributed by atoms with van der Waals surface area (Å²) in [5.41, 5.74) is -0.0418. The van der Waals surface area contributed by atoms with Crippen LogP contribution < -0.4 is 15.4 Å². The van der Waals surface area contributed by atoms with Crippen LogP contribution in [0.5, 0.6) is 5.75 Å². The van der Waals surface area contributed by atoms with Crippen LogP contribution in [0, 0.1) is 5.41 Å². The van der Waals surface area contributed by atoms with Gasteiger partial charge in [-0.2, -0.15) is 13.2 Å². The van der Waals surface area contributed by atoms with E-state index in [0.717, 1.165) is 24.4 Å². The van der Waals surface area contributed by atoms with E-state index in [-0.39, 0.29) is 22.7 Å². The van der Waals surface area contributed by atoms with Crippen molar-refractivity contribution in [1.29, 1.82) is 5.41 Å². The van der Waals surface area contributed by atoms with Gasteiger partial charge in [0.15, 0.2) is 11.9 Å². The third-order valence-electron chi connectivity index (χ3n) is 3.89. The van der Waals surface area contributed by atoms with E-state index >= 15 is 0 Å². The lowest BCUT2D eigenvalue weighted by atomic mass is 10.1. The van der Waals surface area contributed by atoms with Gasteiger partial charge in [0, 0.05) is 25.0 Å². The van der Waals surface area contributed by atoms with Gasteiger partial charge in [0.25, 0.3) is 5.91 Å². The molecule has 178 valence electrons. The highest BCUT2D eigenvalue weighted by Crippen LogP contribution is 2.27. The summed E-state index contributed by atoms with van der Waals surface area (Å²) in [6, 6.07) is 5.54. The van der Waals surface area contributed by atoms with Crippen molar-refractivity contribution in [2.24, 2.45) is 0 Å². The molecule has 0 fully saturated rings. The summed E-state index contributed by atoms with van der Waals surface area (Å²) >= 11 is 0. The van der Waals surface area contributed by atoms with Crippen LogP contribution in [0.4, 0.5) is 26.3 Å². The van der Waals surface area contributed by atoms with Gasteiger partial charge in [-0.3, -0.25) is 4.79 Å². The average Bonchev–Trinajstić information content (AvgIpc) is 2.73. The number of halogens is 6. The minimum atomic E-state index is -4.95. The first-order valence-electron chi connectivity index (χ1n) is 9.00. The first-order valence-corrected chi connectivity index (χ1v) is 9.00. The van der Waals surface area contributed by atoms with E-state index in [1.807, 2.05) is 5.32 Å². The fraction of sp³-hybridized carbons (Fsp3) is 0.263. The Morgan fingerprint density at radius 3 is 2.33 bits per heavy atom. The Labute approximate surface area is 182 Å². The van der Waals surface area contributed by atoms with E-state index in [9.17, 15) is 31.1 Å². The SMILES string of the molecule is CN/C=C(\C=N)c1nc(C(=O)NC[C@H](O)C(F)(F)F)cc(-c2ccc(OC(F)(F)F)cc2)n1. The molecule has 8 nitrogen and oxygen atoms in total. The van der Waals surface area contributed by atoms with Gasteiger partial charge in [-0.05, 0) is 30.3 Å². The zero-order chi connectivity index (χ0) is 24.8. The lowest BCUT2D eigenvalue weighted by molar-refractivity contribution is -0.274. The number of benzene rings is 1. The molecule has 0 aliphatic rings. The van der Waals surface area contributed by atoms with Gasteiger partial charge in [0.2, 0.25) is 0 Å². The van der Waals surface area contributed by atoms with Crippen molar-refractivity contribution >= 4 is 17.7 Å². The first-order chi connectivity index (χ1) is 15.3. The summed E-state index contributed by atoms with van der Waals surface area (Å²) in [5, 5.41) is 21.1. The lowest BCUT2D eigenvalue weighted by Crippen LogP contribution is -2.41. The smallest absolute Gasteiger partial charge is 0.406 e. The number of alkyl halides is 6. The maximum Gasteiger partial charge on any atom is 0.573 e. The van der Waals surface area contributed by atoms with Gasteiger partial charge in [0.05, 0.1) is 17.8 Å². The minimum Gasteiger partial charge on any atom is -0.406 e. The van der Waals surface area contributed by atoms with E-state index in [2.05, 4.69) is 20.0 Å². The van der Waals surface area contributed by atoms with Crippen molar-refractivity contribution in [3.05, 3.63) is 48.1 Å². The molecule has 1 aromatic heterocycles. The molecule has 0 aliphatic carbocycles. The predicted molar refractivity (Wildman–Crippen MR) is 104 cm³/mol. The Morgan fingerprint density at radius 2 is 1.82 bits per heavy atom. The van der Waals surface area contributed by atoms with Crippen LogP contribution >= 0.6 is 0 Å². The molecule has 0 bridgehead atoms. The highest BCUT2D eigenvalue weighted by molar-refractivity contribution is 6.07. The van der Waals surface area contributed by atoms with Crippen LogP contribution in [0.15, 0.2) is 36.5 Å². The maximum atomic E-state index is 12.5. The molecule has 1 heterocycles. The molecule has 1 amide bonds. The van der Waals surface area contributed by atoms with Crippen LogP contribution in [0.3, 0.4) is 0 Å². The van der Waals surface area contributed by atoms with E-state index in [1.54, 1.807) is 0 Å². The molecule has 2 aromatic rings. The molecule has 14 heteroatoms. The van der Waals surface area contributed by atoms with E-state index in [1.165, 1.54) is 25.4 Å². The van der Waals surface area contributed by atoms with E-state index < -0.39 is 42.5 Å². The van der Waals surface area contributed by atoms with Crippen molar-refractivity contribution in [2.45, 2.75) is 18.6 Å². The molecule has 0 unspecified atom stereocenters. The average molecular weight is 477 g/mol. The number of hydrogen-bond acceptors (Lipinski definition) is 7. The Bertz CT molecular complexity index is 1020. The van der Waals surface area contributed by atoms with Crippen LogP contribution in [0.25, 0.3) is 16.8 Å². The molecule has 0 saturated heterocycles. The molecule has 33 heavy (non-hydrogen) atoms. The summed E-state index contributed by atoms with van der Waals surface area (Å²) in [4.78, 5) is 20.5. The summed E-state index contributed by atoms with van der Waals surface area (Å²) in [7, 11) is 1.51. The minimum absolute atomic E-state index is 0.0314. The van der Waals surface area contributed by atoms with Gasteiger partial charge >= 0.3 is 12.5 Å². The second kappa shape index (κ2) is 10.3. The normalized spacial score (nSPS) is 13.3. The number of nitrogens with zero attached hydrogens (tertiary/aromatic N) is 2. The van der Waals surface area contributed by atoms with E-state index in [0.29, 0.717) is 0 Å². The topological polar surface area (TPSA) is 120 Å². The number of ether oxygens (including phenoxy) is 1. The number of allylic oxidation sites excluding steroid dienone is 1. The number of hydrogen-bond donors (Lipinski definition) is 4. The monoisotopic (exact) mass is 477 g/mol. The maximum absolute atomic E-state index is 12.5. The van der Waals surface area contributed by atoms with Crippen LogP contribution in [-0.4, -0.2) is 59.4 Å². The zero-order valence-electron chi connectivity index (χ0n) is 16.8. The Morgan fingerprint density at radius 1 is 1.18 bits per heavy atom. The number of rotatable bonds is 8. The first kappa shape index (κ1) is 25.6. The fourth-order valence-electron chi connectivity index (χ4n) is 2.39. The molecule has 1 aromatic carbocycles. The molecule has 0 saturated carbocycles. The van der Waals surface area contributed by atoms with Gasteiger partial charge in [-0.15, -0.1) is 13.2 Å². The number of nitrogens with one attached hydrogen (secondary N) is 3. The summed E-state index contributed by atoms with van der Waals surface area (Å²) < 4.78 is 78.3. The third-order valence-corrected chi connectivity index (χ3v) is 3.89. The van der Waals surface area contributed by atoms with Crippen LogP contribution in [0.1, 0.15) is 16.3 Å². The number of amides is 1. The number of carbonyl (C=O) groups is 1. The Balaban J connectivity index is 2.43. The van der Waals surface area contributed by atoms with Crippen molar-refractivity contribution < 1.29 is 41.0 Å². The quantitative estimate of drug-likeness (QED) is 0.343. The third kappa shape index (κ3) is 7.45. The second-order valence-electron chi connectivity index (χ2n) is 6.33. The number of carbonyl (C=O) groups excluding carboxylic acids is 1. The van der Waals surface area contributed by atoms with Gasteiger partial charge < -0.3 is 25.9 Å². The van der Waals surface area contributed by atoms with Gasteiger partial charge in [0.1, 0.15) is 11.4 Å². The zero-order valence-corrected chi connectivity index (χ0v) is 16.8. The predicted octanol–water partition coefficient (Wildman–Crippen LogP) is 2.91. The molecule has 2 rings (SSSR count). The largest absolute Gasteiger partial charge is 0.573 e. The number of aromatic nitrogens is 2. The van der Waals surface area contributed by atoms with Crippen molar-refractivity contribution in [3.63, 3.8) is 0 Å². The van der Waals surface area contributed by atoms with Gasteiger partial charge in [-0.1, -0.05) is 0 Å². The van der Waals surface area contributed by atoms with Crippen molar-refractivity contribution in [3.8, 4) is 17.0 Å². The van der Waals surface area contributed by atoms with Crippen LogP contribution in [-0.2, 0) is 0 Å². The lowest BCUT2D eigenvalue weighted by Gasteiger charge is -2.15. The molecular formula is C19H17F6N5O3. The standard InChI is InChI=1S/C19H17F6N5O3/c1-27-8-11(7-26)16-29-13(10-2-4-12(5-3-10)33-19(23,24)25)6-14(30-16)17(32)28-9-15(31)18(20,21)22/h2-8,15,26-27,31H,9H2,1H3,(H,28,32)/b11-8+,26-7?/t15-/m0/s1. The Hall–Kier alpha value is -3.68. The Kier molecular flexibility index (Phi) is 7.98. The summed E-state index contributed by atoms with van der Waals surface area (Å²) in [5.74, 6) is -1.74. The van der Waals surface area contributed by atoms with E-state index in [4.69, 9.17) is 10.5 Å². The highest BCUT2D eigenvalue weighted by Gasteiger charge is 2.38. The van der Waals surface area contributed by atoms with Crippen molar-refractivity contribution in [2.75, 3.05) is 13.6 Å². The fourth-order valence-corrected chi connectivity index (χ4v) is 2.39. The molecular weight excluding hydrogens is 460 g/mol. The molecule has 0 spiro atoms. The molecule has 1 atom stereocenters. The van der Waals surface area contributed by atoms with Crippen LogP contribution in [0.2, 0.25) is 0 Å². The second-order valence-corrected chi connectivity index (χ2v) is 6.33. The molecule has 4 N–H and O–H groups in total. The number of aliphatic hydroxyl groups excluding tert-OH is 1. The highest BCUT2D eigenvalue weighted by atomic mass is 19.4. The van der Waals surface area contributed by atoms with Crippen molar-refractivity contribution in [1.82, 2.24) is 20.6 Å². The van der Waals surface area contributed by atoms with Gasteiger partial charge in [-0.25, -0.2) is 9.97 Å². The summed E-state index contributed by atoms with van der Waals surface area (Å²) in [6.45, 7) is -1.13.